The molecule has 0 aliphatic heterocycles. The Balaban J connectivity index is 1.86. The summed E-state index contributed by atoms with van der Waals surface area (Å²) in [5, 5.41) is 2.11. The number of aryl methyl sites for hydroxylation is 1. The highest BCUT2D eigenvalue weighted by molar-refractivity contribution is 7.92. The SMILES string of the molecule is Cn1cc(-c2cc(NS(C)(=O)=O)cc3cc(-c4ccccc4)oc23)c2ccccc2c1=O. The fourth-order valence-electron chi connectivity index (χ4n) is 4.00. The van der Waals surface area contributed by atoms with Crippen LogP contribution in [-0.2, 0) is 17.1 Å². The number of nitrogens with one attached hydrogen (secondary N) is 1. The number of fused-ring (bicyclic) bond motifs is 2. The fraction of sp³-hybridized carbons (Fsp3) is 0.0800. The molecule has 5 rings (SSSR count). The van der Waals surface area contributed by atoms with Gasteiger partial charge in [0.15, 0.2) is 0 Å². The summed E-state index contributed by atoms with van der Waals surface area (Å²) >= 11 is 0. The van der Waals surface area contributed by atoms with Crippen molar-refractivity contribution in [3.05, 3.63) is 89.3 Å². The average Bonchev–Trinajstić information content (AvgIpc) is 3.19. The van der Waals surface area contributed by atoms with Gasteiger partial charge in [0, 0.05) is 46.4 Å². The Bertz CT molecular complexity index is 1650. The summed E-state index contributed by atoms with van der Waals surface area (Å²) in [5.74, 6) is 0.674. The summed E-state index contributed by atoms with van der Waals surface area (Å²) in [6, 6.07) is 22.5. The normalized spacial score (nSPS) is 11.8. The molecule has 1 N–H and O–H groups in total. The predicted octanol–water partition coefficient (Wildman–Crippen LogP) is 4.99. The molecule has 160 valence electrons. The van der Waals surface area contributed by atoms with Crippen LogP contribution in [0.15, 0.2) is 88.2 Å². The van der Waals surface area contributed by atoms with E-state index in [1.807, 2.05) is 54.6 Å². The molecule has 2 heterocycles. The Morgan fingerprint density at radius 3 is 2.28 bits per heavy atom. The van der Waals surface area contributed by atoms with Crippen LogP contribution in [0.2, 0.25) is 0 Å². The predicted molar refractivity (Wildman–Crippen MR) is 128 cm³/mol. The van der Waals surface area contributed by atoms with Crippen molar-refractivity contribution < 1.29 is 12.8 Å². The minimum atomic E-state index is -3.48. The van der Waals surface area contributed by atoms with Gasteiger partial charge in [-0.15, -0.1) is 0 Å². The van der Waals surface area contributed by atoms with E-state index >= 15 is 0 Å². The summed E-state index contributed by atoms with van der Waals surface area (Å²) in [6.07, 6.45) is 2.87. The maximum absolute atomic E-state index is 12.7. The highest BCUT2D eigenvalue weighted by atomic mass is 32.2. The van der Waals surface area contributed by atoms with E-state index in [0.29, 0.717) is 28.0 Å². The zero-order chi connectivity index (χ0) is 22.5. The smallest absolute Gasteiger partial charge is 0.258 e. The van der Waals surface area contributed by atoms with E-state index in [9.17, 15) is 13.2 Å². The monoisotopic (exact) mass is 444 g/mol. The zero-order valence-corrected chi connectivity index (χ0v) is 18.3. The summed E-state index contributed by atoms with van der Waals surface area (Å²) in [5.41, 5.74) is 3.33. The van der Waals surface area contributed by atoms with Gasteiger partial charge in [0.1, 0.15) is 11.3 Å². The Morgan fingerprint density at radius 2 is 1.56 bits per heavy atom. The second kappa shape index (κ2) is 7.39. The molecule has 0 saturated carbocycles. The topological polar surface area (TPSA) is 81.3 Å². The van der Waals surface area contributed by atoms with Gasteiger partial charge in [-0.3, -0.25) is 9.52 Å². The van der Waals surface area contributed by atoms with Crippen LogP contribution < -0.4 is 10.3 Å². The van der Waals surface area contributed by atoms with Crippen LogP contribution in [0.5, 0.6) is 0 Å². The molecule has 0 saturated heterocycles. The van der Waals surface area contributed by atoms with Crippen molar-refractivity contribution in [2.75, 3.05) is 11.0 Å². The molecule has 5 aromatic rings. The standard InChI is InChI=1S/C25H20N2O4S/c1-27-15-22(19-10-6-7-11-20(19)25(27)28)21-14-18(26-32(2,29)30)12-17-13-23(31-24(17)21)16-8-4-3-5-9-16/h3-15,26H,1-2H3. The van der Waals surface area contributed by atoms with E-state index in [1.165, 1.54) is 4.57 Å². The average molecular weight is 445 g/mol. The van der Waals surface area contributed by atoms with Crippen LogP contribution in [0, 0.1) is 0 Å². The van der Waals surface area contributed by atoms with Gasteiger partial charge in [0.2, 0.25) is 10.0 Å². The number of hydrogen-bond acceptors (Lipinski definition) is 4. The van der Waals surface area contributed by atoms with Crippen molar-refractivity contribution in [2.24, 2.45) is 7.05 Å². The largest absolute Gasteiger partial charge is 0.455 e. The first kappa shape index (κ1) is 20.1. The third-order valence-corrected chi connectivity index (χ3v) is 5.97. The second-order valence-electron chi connectivity index (χ2n) is 7.80. The molecular formula is C25H20N2O4S. The van der Waals surface area contributed by atoms with Gasteiger partial charge in [-0.25, -0.2) is 8.42 Å². The summed E-state index contributed by atoms with van der Waals surface area (Å²) in [7, 11) is -1.78. The molecule has 6 nitrogen and oxygen atoms in total. The van der Waals surface area contributed by atoms with Gasteiger partial charge in [0.25, 0.3) is 5.56 Å². The maximum atomic E-state index is 12.7. The Morgan fingerprint density at radius 1 is 0.875 bits per heavy atom. The highest BCUT2D eigenvalue weighted by Gasteiger charge is 2.18. The number of aromatic nitrogens is 1. The molecule has 0 bridgehead atoms. The zero-order valence-electron chi connectivity index (χ0n) is 17.5. The van der Waals surface area contributed by atoms with E-state index < -0.39 is 10.0 Å². The lowest BCUT2D eigenvalue weighted by Gasteiger charge is -2.12. The number of furan rings is 1. The van der Waals surface area contributed by atoms with Crippen molar-refractivity contribution in [3.8, 4) is 22.5 Å². The minimum absolute atomic E-state index is 0.101. The van der Waals surface area contributed by atoms with Crippen molar-refractivity contribution in [2.45, 2.75) is 0 Å². The van der Waals surface area contributed by atoms with Gasteiger partial charge in [-0.1, -0.05) is 48.5 Å². The molecule has 0 radical (unpaired) electrons. The van der Waals surface area contributed by atoms with E-state index in [-0.39, 0.29) is 5.56 Å². The molecule has 3 aromatic carbocycles. The molecule has 32 heavy (non-hydrogen) atoms. The van der Waals surface area contributed by atoms with E-state index in [0.717, 1.165) is 28.2 Å². The van der Waals surface area contributed by atoms with Crippen molar-refractivity contribution in [1.82, 2.24) is 4.57 Å². The highest BCUT2D eigenvalue weighted by Crippen LogP contribution is 2.39. The summed E-state index contributed by atoms with van der Waals surface area (Å²) in [4.78, 5) is 12.7. The number of pyridine rings is 1. The van der Waals surface area contributed by atoms with Gasteiger partial charge in [-0.05, 0) is 29.7 Å². The molecule has 7 heteroatoms. The number of rotatable bonds is 4. The minimum Gasteiger partial charge on any atom is -0.455 e. The van der Waals surface area contributed by atoms with E-state index in [4.69, 9.17) is 4.42 Å². The molecular weight excluding hydrogens is 424 g/mol. The molecule has 0 spiro atoms. The molecule has 0 aliphatic carbocycles. The molecule has 0 unspecified atom stereocenters. The Kier molecular flexibility index (Phi) is 4.64. The summed E-state index contributed by atoms with van der Waals surface area (Å²) in [6.45, 7) is 0. The lowest BCUT2D eigenvalue weighted by atomic mass is 9.98. The van der Waals surface area contributed by atoms with Crippen molar-refractivity contribution in [1.29, 1.82) is 0 Å². The van der Waals surface area contributed by atoms with Gasteiger partial charge in [-0.2, -0.15) is 0 Å². The van der Waals surface area contributed by atoms with Crippen molar-refractivity contribution in [3.63, 3.8) is 0 Å². The summed E-state index contributed by atoms with van der Waals surface area (Å²) < 4.78 is 34.3. The number of anilines is 1. The number of hydrogen-bond donors (Lipinski definition) is 1. The van der Waals surface area contributed by atoms with Crippen LogP contribution >= 0.6 is 0 Å². The number of nitrogens with zero attached hydrogens (tertiary/aromatic N) is 1. The second-order valence-corrected chi connectivity index (χ2v) is 9.55. The molecule has 0 fully saturated rings. The third kappa shape index (κ3) is 3.56. The lowest BCUT2D eigenvalue weighted by Crippen LogP contribution is -2.16. The molecule has 0 amide bonds. The fourth-order valence-corrected chi connectivity index (χ4v) is 4.55. The third-order valence-electron chi connectivity index (χ3n) is 5.36. The van der Waals surface area contributed by atoms with Crippen LogP contribution in [0.4, 0.5) is 5.69 Å². The van der Waals surface area contributed by atoms with Gasteiger partial charge in [0.05, 0.1) is 6.26 Å². The number of sulfonamides is 1. The molecule has 0 aliphatic rings. The van der Waals surface area contributed by atoms with Gasteiger partial charge >= 0.3 is 0 Å². The van der Waals surface area contributed by atoms with E-state index in [2.05, 4.69) is 4.72 Å². The first-order valence-electron chi connectivity index (χ1n) is 10.00. The first-order chi connectivity index (χ1) is 15.3. The van der Waals surface area contributed by atoms with Gasteiger partial charge < -0.3 is 8.98 Å². The van der Waals surface area contributed by atoms with Crippen LogP contribution in [0.1, 0.15) is 0 Å². The molecule has 2 aromatic heterocycles. The van der Waals surface area contributed by atoms with Crippen LogP contribution in [0.25, 0.3) is 44.2 Å². The quantitative estimate of drug-likeness (QED) is 0.423. The lowest BCUT2D eigenvalue weighted by molar-refractivity contribution is 0.606. The Labute approximate surface area is 184 Å². The maximum Gasteiger partial charge on any atom is 0.258 e. The van der Waals surface area contributed by atoms with E-state index in [1.54, 1.807) is 31.4 Å². The van der Waals surface area contributed by atoms with Crippen molar-refractivity contribution >= 4 is 37.5 Å². The number of benzene rings is 3. The molecule has 0 atom stereocenters. The Hall–Kier alpha value is -3.84. The van der Waals surface area contributed by atoms with Crippen LogP contribution in [-0.4, -0.2) is 19.2 Å². The van der Waals surface area contributed by atoms with Crippen LogP contribution in [0.3, 0.4) is 0 Å². The first-order valence-corrected chi connectivity index (χ1v) is 11.9.